The summed E-state index contributed by atoms with van der Waals surface area (Å²) in [5.41, 5.74) is 1.50. The van der Waals surface area contributed by atoms with Crippen molar-refractivity contribution in [2.45, 2.75) is 50.2 Å². The van der Waals surface area contributed by atoms with Crippen LogP contribution in [0, 0.1) is 0 Å². The van der Waals surface area contributed by atoms with E-state index in [2.05, 4.69) is 10.6 Å². The lowest BCUT2D eigenvalue weighted by Crippen LogP contribution is -2.58. The number of methoxy groups -OCH3 is 1. The fraction of sp³-hybridized carbons (Fsp3) is 0.462. The van der Waals surface area contributed by atoms with Crippen molar-refractivity contribution in [3.05, 3.63) is 59.1 Å². The van der Waals surface area contributed by atoms with Crippen molar-refractivity contribution in [3.8, 4) is 5.75 Å². The third kappa shape index (κ3) is 6.88. The molecule has 0 unspecified atom stereocenters. The molecule has 4 rings (SSSR count). The number of ether oxygens (including phenoxy) is 3. The zero-order valence-electron chi connectivity index (χ0n) is 20.2. The monoisotopic (exact) mass is 517 g/mol. The number of anilines is 1. The first-order chi connectivity index (χ1) is 17.4. The number of para-hydroxylation sites is 1. The molecule has 0 aliphatic carbocycles. The van der Waals surface area contributed by atoms with Gasteiger partial charge in [0.25, 0.3) is 0 Å². The van der Waals surface area contributed by atoms with Crippen LogP contribution in [0.1, 0.15) is 24.8 Å². The Morgan fingerprint density at radius 3 is 2.69 bits per heavy atom. The van der Waals surface area contributed by atoms with E-state index >= 15 is 0 Å². The first-order valence-corrected chi connectivity index (χ1v) is 12.4. The smallest absolute Gasteiger partial charge is 0.322 e. The van der Waals surface area contributed by atoms with Gasteiger partial charge in [-0.3, -0.25) is 4.79 Å². The Morgan fingerprint density at radius 1 is 1.14 bits per heavy atom. The number of amides is 3. The Morgan fingerprint density at radius 2 is 1.92 bits per heavy atom. The topological polar surface area (TPSA) is 109 Å². The van der Waals surface area contributed by atoms with Crippen molar-refractivity contribution < 1.29 is 28.9 Å². The largest absolute Gasteiger partial charge is 0.496 e. The van der Waals surface area contributed by atoms with Gasteiger partial charge in [0.15, 0.2) is 0 Å². The van der Waals surface area contributed by atoms with Crippen LogP contribution in [0.5, 0.6) is 5.75 Å². The molecule has 0 spiro atoms. The Kier molecular flexibility index (Phi) is 9.03. The number of benzene rings is 2. The van der Waals surface area contributed by atoms with E-state index in [9.17, 15) is 14.7 Å². The number of fused-ring (bicyclic) bond motifs is 1. The predicted octanol–water partition coefficient (Wildman–Crippen LogP) is 3.20. The van der Waals surface area contributed by atoms with Crippen LogP contribution in [0.3, 0.4) is 0 Å². The molecule has 0 aromatic heterocycles. The first kappa shape index (κ1) is 26.2. The number of urea groups is 1. The van der Waals surface area contributed by atoms with E-state index in [1.165, 1.54) is 0 Å². The van der Waals surface area contributed by atoms with E-state index in [0.29, 0.717) is 30.1 Å². The van der Waals surface area contributed by atoms with Crippen LogP contribution < -0.4 is 15.4 Å². The number of aliphatic hydroxyl groups excluding tert-OH is 1. The Hall–Kier alpha value is -2.85. The highest BCUT2D eigenvalue weighted by molar-refractivity contribution is 6.30. The molecule has 10 heteroatoms. The van der Waals surface area contributed by atoms with E-state index in [1.807, 2.05) is 24.3 Å². The number of hydrogen-bond donors (Lipinski definition) is 3. The summed E-state index contributed by atoms with van der Waals surface area (Å²) in [4.78, 5) is 27.4. The lowest BCUT2D eigenvalue weighted by molar-refractivity contribution is -0.149. The standard InChI is InChI=1S/C26H32ClN3O6/c1-34-23-5-3-2-4-17(23)13-28-25(32)12-21-10-11-22-24(36-21)16-35-15-20(31)14-30(22)26(33)29-19-8-6-18(27)7-9-19/h2-9,20-22,24,31H,10-16H2,1H3,(H,28,32)(H,29,33)/t20-,21+,22+,24-/m0/s1. The molecule has 194 valence electrons. The second kappa shape index (κ2) is 12.4. The van der Waals surface area contributed by atoms with Gasteiger partial charge in [0.05, 0.1) is 51.5 Å². The molecule has 4 atom stereocenters. The molecule has 3 N–H and O–H groups in total. The molecular formula is C26H32ClN3O6. The van der Waals surface area contributed by atoms with Crippen LogP contribution in [-0.4, -0.2) is 73.2 Å². The number of carbonyl (C=O) groups is 2. The molecule has 2 aromatic rings. The lowest BCUT2D eigenvalue weighted by Gasteiger charge is -2.44. The van der Waals surface area contributed by atoms with Gasteiger partial charge in [-0.1, -0.05) is 29.8 Å². The normalized spacial score (nSPS) is 24.1. The molecule has 2 fully saturated rings. The fourth-order valence-corrected chi connectivity index (χ4v) is 4.75. The first-order valence-electron chi connectivity index (χ1n) is 12.1. The molecule has 0 bridgehead atoms. The summed E-state index contributed by atoms with van der Waals surface area (Å²) in [7, 11) is 1.60. The van der Waals surface area contributed by atoms with Gasteiger partial charge in [0.2, 0.25) is 5.91 Å². The van der Waals surface area contributed by atoms with E-state index in [0.717, 1.165) is 11.3 Å². The average Bonchev–Trinajstić information content (AvgIpc) is 2.87. The Bertz CT molecular complexity index is 1040. The summed E-state index contributed by atoms with van der Waals surface area (Å²) < 4.78 is 17.2. The summed E-state index contributed by atoms with van der Waals surface area (Å²) >= 11 is 5.94. The van der Waals surface area contributed by atoms with E-state index in [4.69, 9.17) is 25.8 Å². The van der Waals surface area contributed by atoms with Crippen LogP contribution in [0.4, 0.5) is 10.5 Å². The molecular weight excluding hydrogens is 486 g/mol. The van der Waals surface area contributed by atoms with Crippen LogP contribution in [0.25, 0.3) is 0 Å². The molecule has 0 radical (unpaired) electrons. The molecule has 0 saturated carbocycles. The number of nitrogens with zero attached hydrogens (tertiary/aromatic N) is 1. The molecule has 36 heavy (non-hydrogen) atoms. The van der Waals surface area contributed by atoms with Gasteiger partial charge in [0.1, 0.15) is 11.9 Å². The summed E-state index contributed by atoms with van der Waals surface area (Å²) in [5.74, 6) is 0.601. The van der Waals surface area contributed by atoms with Crippen molar-refractivity contribution in [2.24, 2.45) is 0 Å². The maximum absolute atomic E-state index is 13.1. The van der Waals surface area contributed by atoms with Crippen LogP contribution >= 0.6 is 11.6 Å². The third-order valence-electron chi connectivity index (χ3n) is 6.42. The number of rotatable bonds is 6. The molecule has 9 nitrogen and oxygen atoms in total. The van der Waals surface area contributed by atoms with E-state index < -0.39 is 12.2 Å². The third-order valence-corrected chi connectivity index (χ3v) is 6.67. The summed E-state index contributed by atoms with van der Waals surface area (Å²) in [6.07, 6.45) is -0.0750. The quantitative estimate of drug-likeness (QED) is 0.543. The zero-order chi connectivity index (χ0) is 25.5. The SMILES string of the molecule is COc1ccccc1CNC(=O)C[C@H]1CC[C@@H]2[C@H](COC[C@@H](O)CN2C(=O)Nc2ccc(Cl)cc2)O1. The van der Waals surface area contributed by atoms with Crippen LogP contribution in [0.2, 0.25) is 5.02 Å². The van der Waals surface area contributed by atoms with Gasteiger partial charge in [-0.05, 0) is 43.2 Å². The second-order valence-corrected chi connectivity index (χ2v) is 9.45. The summed E-state index contributed by atoms with van der Waals surface area (Å²) in [6, 6.07) is 13.8. The van der Waals surface area contributed by atoms with Crippen molar-refractivity contribution >= 4 is 29.2 Å². The van der Waals surface area contributed by atoms with Crippen molar-refractivity contribution in [1.82, 2.24) is 10.2 Å². The summed E-state index contributed by atoms with van der Waals surface area (Å²) in [6.45, 7) is 0.808. The van der Waals surface area contributed by atoms with Crippen molar-refractivity contribution in [1.29, 1.82) is 0 Å². The highest BCUT2D eigenvalue weighted by Gasteiger charge is 2.40. The maximum atomic E-state index is 13.1. The number of aliphatic hydroxyl groups is 1. The van der Waals surface area contributed by atoms with Gasteiger partial charge in [0, 0.05) is 22.8 Å². The molecule has 2 aromatic carbocycles. The average molecular weight is 518 g/mol. The second-order valence-electron chi connectivity index (χ2n) is 9.01. The molecule has 3 amide bonds. The van der Waals surface area contributed by atoms with E-state index in [-0.39, 0.29) is 50.3 Å². The molecule has 2 heterocycles. The van der Waals surface area contributed by atoms with E-state index in [1.54, 1.807) is 36.3 Å². The minimum absolute atomic E-state index is 0.0986. The molecule has 2 saturated heterocycles. The highest BCUT2D eigenvalue weighted by Crippen LogP contribution is 2.28. The highest BCUT2D eigenvalue weighted by atomic mass is 35.5. The zero-order valence-corrected chi connectivity index (χ0v) is 20.9. The van der Waals surface area contributed by atoms with Gasteiger partial charge >= 0.3 is 6.03 Å². The van der Waals surface area contributed by atoms with Crippen LogP contribution in [-0.2, 0) is 20.8 Å². The maximum Gasteiger partial charge on any atom is 0.322 e. The predicted molar refractivity (Wildman–Crippen MR) is 135 cm³/mol. The Balaban J connectivity index is 1.35. The molecule has 2 aliphatic heterocycles. The minimum Gasteiger partial charge on any atom is -0.496 e. The number of β-amino-alcohol motifs (C(OH)–C–C–N with tert-alkyl or cyclic N) is 1. The van der Waals surface area contributed by atoms with Gasteiger partial charge in [-0.2, -0.15) is 0 Å². The fourth-order valence-electron chi connectivity index (χ4n) is 4.62. The lowest BCUT2D eigenvalue weighted by atomic mass is 9.95. The van der Waals surface area contributed by atoms with Crippen LogP contribution in [0.15, 0.2) is 48.5 Å². The van der Waals surface area contributed by atoms with Gasteiger partial charge < -0.3 is 34.9 Å². The number of carbonyl (C=O) groups excluding carboxylic acids is 2. The number of hydrogen-bond acceptors (Lipinski definition) is 6. The van der Waals surface area contributed by atoms with Gasteiger partial charge in [-0.25, -0.2) is 4.79 Å². The van der Waals surface area contributed by atoms with Crippen molar-refractivity contribution in [3.63, 3.8) is 0 Å². The van der Waals surface area contributed by atoms with Gasteiger partial charge in [-0.15, -0.1) is 0 Å². The van der Waals surface area contributed by atoms with Crippen molar-refractivity contribution in [2.75, 3.05) is 32.2 Å². The number of nitrogens with one attached hydrogen (secondary N) is 2. The molecule has 2 aliphatic rings. The number of halogens is 1. The Labute approximate surface area is 215 Å². The summed E-state index contributed by atoms with van der Waals surface area (Å²) in [5, 5.41) is 16.7. The minimum atomic E-state index is -0.805.